The molecule has 0 saturated carbocycles. The van der Waals surface area contributed by atoms with Crippen molar-refractivity contribution >= 4 is 23.3 Å². The van der Waals surface area contributed by atoms with Crippen LogP contribution in [0.1, 0.15) is 23.2 Å². The highest BCUT2D eigenvalue weighted by molar-refractivity contribution is 6.33. The number of benzene rings is 1. The summed E-state index contributed by atoms with van der Waals surface area (Å²) in [4.78, 5) is 11.7. The molecule has 0 saturated heterocycles. The van der Waals surface area contributed by atoms with Crippen LogP contribution >= 0.6 is 11.6 Å². The van der Waals surface area contributed by atoms with Crippen molar-refractivity contribution in [3.05, 3.63) is 28.8 Å². The molecule has 0 fully saturated rings. The number of carbonyl (C=O) groups is 1. The van der Waals surface area contributed by atoms with Crippen LogP contribution in [0.2, 0.25) is 5.02 Å². The summed E-state index contributed by atoms with van der Waals surface area (Å²) in [7, 11) is 0. The van der Waals surface area contributed by atoms with Gasteiger partial charge in [-0.1, -0.05) is 16.8 Å². The molecule has 5 N–H and O–H groups in total. The number of hydrogen-bond acceptors (Lipinski definition) is 4. The molecule has 0 heterocycles. The van der Waals surface area contributed by atoms with Crippen LogP contribution in [0.25, 0.3) is 0 Å². The summed E-state index contributed by atoms with van der Waals surface area (Å²) in [6.07, 6.45) is 0.919. The van der Waals surface area contributed by atoms with Crippen molar-refractivity contribution in [1.29, 1.82) is 0 Å². The van der Waals surface area contributed by atoms with Gasteiger partial charge in [0.15, 0.2) is 0 Å². The molecule has 1 aromatic rings. The van der Waals surface area contributed by atoms with Gasteiger partial charge in [-0.25, -0.2) is 0 Å². The minimum absolute atomic E-state index is 0.0267. The molecular formula is C11H14ClN3O3. The quantitative estimate of drug-likeness (QED) is 0.213. The van der Waals surface area contributed by atoms with E-state index in [1.807, 2.05) is 0 Å². The third kappa shape index (κ3) is 4.14. The smallest absolute Gasteiger partial charge is 0.252 e. The number of halogens is 1. The predicted octanol–water partition coefficient (Wildman–Crippen LogP) is 1.30. The highest BCUT2D eigenvalue weighted by atomic mass is 35.5. The van der Waals surface area contributed by atoms with Crippen LogP contribution in [0.4, 0.5) is 0 Å². The van der Waals surface area contributed by atoms with Crippen LogP contribution in [0.3, 0.4) is 0 Å². The van der Waals surface area contributed by atoms with Gasteiger partial charge in [0.05, 0.1) is 10.6 Å². The molecule has 0 radical (unpaired) electrons. The number of aromatic hydroxyl groups is 1. The average Bonchev–Trinajstić information content (AvgIpc) is 2.36. The zero-order valence-corrected chi connectivity index (χ0v) is 10.3. The number of oxime groups is 1. The van der Waals surface area contributed by atoms with E-state index in [9.17, 15) is 9.90 Å². The Morgan fingerprint density at radius 3 is 2.89 bits per heavy atom. The Balaban J connectivity index is 2.48. The summed E-state index contributed by atoms with van der Waals surface area (Å²) in [5.74, 6) is -0.295. The number of hydrogen-bond donors (Lipinski definition) is 4. The lowest BCUT2D eigenvalue weighted by atomic mass is 10.2. The van der Waals surface area contributed by atoms with Crippen molar-refractivity contribution in [1.82, 2.24) is 5.32 Å². The molecule has 0 aromatic heterocycles. The summed E-state index contributed by atoms with van der Waals surface area (Å²) < 4.78 is 0. The second-order valence-electron chi connectivity index (χ2n) is 3.61. The number of amides is 1. The van der Waals surface area contributed by atoms with Crippen molar-refractivity contribution in [2.75, 3.05) is 6.54 Å². The van der Waals surface area contributed by atoms with Crippen LogP contribution in [-0.4, -0.2) is 28.6 Å². The zero-order valence-electron chi connectivity index (χ0n) is 9.56. The fourth-order valence-corrected chi connectivity index (χ4v) is 1.51. The fourth-order valence-electron chi connectivity index (χ4n) is 1.30. The SMILES string of the molecule is N/C(CCCNC(=O)c1cc(O)ccc1Cl)=N/O. The average molecular weight is 272 g/mol. The third-order valence-corrected chi connectivity index (χ3v) is 2.55. The molecule has 0 bridgehead atoms. The highest BCUT2D eigenvalue weighted by Gasteiger charge is 2.10. The van der Waals surface area contributed by atoms with Gasteiger partial charge in [-0.3, -0.25) is 4.79 Å². The van der Waals surface area contributed by atoms with Gasteiger partial charge < -0.3 is 21.4 Å². The second-order valence-corrected chi connectivity index (χ2v) is 4.02. The standard InChI is InChI=1S/C11H14ClN3O3/c12-9-4-3-7(16)6-8(9)11(17)14-5-1-2-10(13)15-18/h3-4,6,16,18H,1-2,5H2,(H2,13,15)(H,14,17). The zero-order chi connectivity index (χ0) is 13.5. The summed E-state index contributed by atoms with van der Waals surface area (Å²) in [5.41, 5.74) is 5.49. The van der Waals surface area contributed by atoms with Crippen molar-refractivity contribution in [2.24, 2.45) is 10.9 Å². The van der Waals surface area contributed by atoms with Gasteiger partial charge in [0.2, 0.25) is 0 Å². The van der Waals surface area contributed by atoms with Crippen LogP contribution < -0.4 is 11.1 Å². The Morgan fingerprint density at radius 2 is 2.22 bits per heavy atom. The Morgan fingerprint density at radius 1 is 1.50 bits per heavy atom. The maximum Gasteiger partial charge on any atom is 0.252 e. The molecule has 0 aliphatic carbocycles. The van der Waals surface area contributed by atoms with Gasteiger partial charge in [-0.2, -0.15) is 0 Å². The van der Waals surface area contributed by atoms with Gasteiger partial charge in [0.25, 0.3) is 5.91 Å². The largest absolute Gasteiger partial charge is 0.508 e. The molecule has 0 unspecified atom stereocenters. The molecule has 1 aromatic carbocycles. The third-order valence-electron chi connectivity index (χ3n) is 2.22. The summed E-state index contributed by atoms with van der Waals surface area (Å²) in [6.45, 7) is 0.362. The lowest BCUT2D eigenvalue weighted by molar-refractivity contribution is 0.0953. The molecule has 1 rings (SSSR count). The van der Waals surface area contributed by atoms with Crippen molar-refractivity contribution in [3.63, 3.8) is 0 Å². The molecule has 1 amide bonds. The van der Waals surface area contributed by atoms with Gasteiger partial charge in [0.1, 0.15) is 11.6 Å². The number of nitrogens with one attached hydrogen (secondary N) is 1. The molecule has 0 aliphatic heterocycles. The first-order valence-electron chi connectivity index (χ1n) is 5.27. The van der Waals surface area contributed by atoms with E-state index in [0.717, 1.165) is 0 Å². The first kappa shape index (κ1) is 14.1. The number of rotatable bonds is 5. The number of carbonyl (C=O) groups excluding carboxylic acids is 1. The normalized spacial score (nSPS) is 11.3. The summed E-state index contributed by atoms with van der Waals surface area (Å²) >= 11 is 5.83. The van der Waals surface area contributed by atoms with Gasteiger partial charge in [-0.05, 0) is 24.6 Å². The summed E-state index contributed by atoms with van der Waals surface area (Å²) in [6, 6.07) is 4.14. The Labute approximate surface area is 109 Å². The Hall–Kier alpha value is -1.95. The minimum Gasteiger partial charge on any atom is -0.508 e. The topological polar surface area (TPSA) is 108 Å². The molecule has 98 valence electrons. The highest BCUT2D eigenvalue weighted by Crippen LogP contribution is 2.20. The Bertz CT molecular complexity index is 463. The molecule has 0 aliphatic rings. The maximum atomic E-state index is 11.7. The van der Waals surface area contributed by atoms with Crippen LogP contribution in [-0.2, 0) is 0 Å². The first-order chi connectivity index (χ1) is 8.54. The molecule has 6 nitrogen and oxygen atoms in total. The number of phenolic OH excluding ortho intramolecular Hbond substituents is 1. The van der Waals surface area contributed by atoms with Crippen LogP contribution in [0.15, 0.2) is 23.4 Å². The molecule has 18 heavy (non-hydrogen) atoms. The van der Waals surface area contributed by atoms with E-state index >= 15 is 0 Å². The first-order valence-corrected chi connectivity index (χ1v) is 5.65. The Kier molecular flexibility index (Phi) is 5.26. The van der Waals surface area contributed by atoms with E-state index in [2.05, 4.69) is 10.5 Å². The van der Waals surface area contributed by atoms with Gasteiger partial charge in [-0.15, -0.1) is 0 Å². The second kappa shape index (κ2) is 6.70. The molecule has 0 spiro atoms. The monoisotopic (exact) mass is 271 g/mol. The van der Waals surface area contributed by atoms with Crippen molar-refractivity contribution < 1.29 is 15.1 Å². The molecular weight excluding hydrogens is 258 g/mol. The van der Waals surface area contributed by atoms with E-state index in [1.54, 1.807) is 0 Å². The van der Waals surface area contributed by atoms with E-state index in [1.165, 1.54) is 18.2 Å². The van der Waals surface area contributed by atoms with Crippen molar-refractivity contribution in [3.8, 4) is 5.75 Å². The van der Waals surface area contributed by atoms with E-state index in [-0.39, 0.29) is 28.1 Å². The van der Waals surface area contributed by atoms with E-state index in [0.29, 0.717) is 19.4 Å². The van der Waals surface area contributed by atoms with Crippen molar-refractivity contribution in [2.45, 2.75) is 12.8 Å². The van der Waals surface area contributed by atoms with E-state index < -0.39 is 0 Å². The van der Waals surface area contributed by atoms with Crippen LogP contribution in [0, 0.1) is 0 Å². The lowest BCUT2D eigenvalue weighted by Gasteiger charge is -2.06. The van der Waals surface area contributed by atoms with Crippen LogP contribution in [0.5, 0.6) is 5.75 Å². The van der Waals surface area contributed by atoms with E-state index in [4.69, 9.17) is 22.5 Å². The lowest BCUT2D eigenvalue weighted by Crippen LogP contribution is -2.25. The molecule has 7 heteroatoms. The molecule has 0 atom stereocenters. The predicted molar refractivity (Wildman–Crippen MR) is 68.1 cm³/mol. The fraction of sp³-hybridized carbons (Fsp3) is 0.273. The minimum atomic E-state index is -0.379. The summed E-state index contributed by atoms with van der Waals surface area (Å²) in [5, 5.41) is 23.3. The number of amidine groups is 1. The maximum absolute atomic E-state index is 11.7. The van der Waals surface area contributed by atoms with Gasteiger partial charge in [0, 0.05) is 13.0 Å². The van der Waals surface area contributed by atoms with Gasteiger partial charge >= 0.3 is 0 Å². The number of nitrogens with zero attached hydrogens (tertiary/aromatic N) is 1. The number of nitrogens with two attached hydrogens (primary N) is 1. The number of phenols is 1.